The van der Waals surface area contributed by atoms with E-state index in [0.29, 0.717) is 33.8 Å². The summed E-state index contributed by atoms with van der Waals surface area (Å²) in [6, 6.07) is 20.0. The molecule has 0 aliphatic rings. The van der Waals surface area contributed by atoms with Crippen molar-refractivity contribution in [3.05, 3.63) is 102 Å². The van der Waals surface area contributed by atoms with Crippen molar-refractivity contribution in [1.29, 1.82) is 5.41 Å². The fourth-order valence-electron chi connectivity index (χ4n) is 4.84. The molecule has 10 nitrogen and oxygen atoms in total. The number of ketones is 1. The second-order valence-electron chi connectivity index (χ2n) is 9.63. The molecule has 5 rings (SSSR count). The topological polar surface area (TPSA) is 159 Å². The number of nitrogen functional groups attached to an aromatic ring is 1. The summed E-state index contributed by atoms with van der Waals surface area (Å²) in [4.78, 5) is 29.3. The molecule has 2 heterocycles. The number of carbonyl (C=O) groups is 2. The molecule has 0 fully saturated rings. The second kappa shape index (κ2) is 10.9. The highest BCUT2D eigenvalue weighted by Crippen LogP contribution is 2.32. The molecule has 0 aliphatic heterocycles. The Labute approximate surface area is 236 Å². The highest BCUT2D eigenvalue weighted by molar-refractivity contribution is 7.93. The van der Waals surface area contributed by atoms with E-state index in [4.69, 9.17) is 11.1 Å². The molecule has 208 valence electrons. The first-order valence-corrected chi connectivity index (χ1v) is 14.1. The average Bonchev–Trinajstić information content (AvgIpc) is 3.29. The lowest BCUT2D eigenvalue weighted by Crippen LogP contribution is -2.36. The van der Waals surface area contributed by atoms with Crippen LogP contribution < -0.4 is 10.0 Å². The van der Waals surface area contributed by atoms with E-state index < -0.39 is 22.5 Å². The van der Waals surface area contributed by atoms with Gasteiger partial charge in [0.15, 0.2) is 5.78 Å². The van der Waals surface area contributed by atoms with Gasteiger partial charge in [-0.2, -0.15) is 0 Å². The van der Waals surface area contributed by atoms with Crippen molar-refractivity contribution in [3.8, 4) is 0 Å². The molecule has 0 radical (unpaired) electrons. The Bertz CT molecular complexity index is 1930. The summed E-state index contributed by atoms with van der Waals surface area (Å²) >= 11 is 0. The van der Waals surface area contributed by atoms with Crippen LogP contribution in [0.2, 0.25) is 0 Å². The van der Waals surface area contributed by atoms with E-state index in [1.54, 1.807) is 66.3 Å². The molecule has 0 amide bonds. The molecule has 11 heteroatoms. The number of carbonyl (C=O) groups excluding carboxylic acids is 1. The maximum absolute atomic E-state index is 13.9. The number of carboxylic acids is 1. The van der Waals surface area contributed by atoms with Crippen LogP contribution in [0.1, 0.15) is 27.9 Å². The van der Waals surface area contributed by atoms with Crippen LogP contribution in [-0.2, 0) is 28.3 Å². The first-order chi connectivity index (χ1) is 19.6. The van der Waals surface area contributed by atoms with Crippen molar-refractivity contribution in [1.82, 2.24) is 9.55 Å². The van der Waals surface area contributed by atoms with Crippen LogP contribution in [0.3, 0.4) is 0 Å². The van der Waals surface area contributed by atoms with Crippen molar-refractivity contribution < 1.29 is 23.1 Å². The summed E-state index contributed by atoms with van der Waals surface area (Å²) in [6.07, 6.45) is 3.83. The number of aromatic nitrogens is 2. The number of carboxylic acid groups (broad SMARTS) is 1. The Balaban J connectivity index is 1.52. The van der Waals surface area contributed by atoms with Gasteiger partial charge in [-0.25, -0.2) is 8.42 Å². The molecule has 0 aliphatic carbocycles. The smallest absolute Gasteiger partial charge is 0.324 e. The number of benzene rings is 3. The molecule has 0 bridgehead atoms. The third-order valence-corrected chi connectivity index (χ3v) is 8.72. The highest BCUT2D eigenvalue weighted by Gasteiger charge is 2.30. The number of pyridine rings is 1. The van der Waals surface area contributed by atoms with E-state index in [1.807, 2.05) is 12.1 Å². The zero-order chi connectivity index (χ0) is 29.3. The molecule has 2 aromatic heterocycles. The summed E-state index contributed by atoms with van der Waals surface area (Å²) in [6.45, 7) is -0.816. The monoisotopic (exact) mass is 569 g/mol. The summed E-state index contributed by atoms with van der Waals surface area (Å²) in [5.41, 5.74) is 8.48. The number of anilines is 1. The third kappa shape index (κ3) is 5.39. The van der Waals surface area contributed by atoms with Crippen molar-refractivity contribution in [3.63, 3.8) is 0 Å². The molecule has 4 N–H and O–H groups in total. The Kier molecular flexibility index (Phi) is 7.29. The molecule has 41 heavy (non-hydrogen) atoms. The van der Waals surface area contributed by atoms with Crippen molar-refractivity contribution in [2.24, 2.45) is 12.8 Å². The van der Waals surface area contributed by atoms with E-state index in [1.165, 1.54) is 18.3 Å². The minimum Gasteiger partial charge on any atom is -0.480 e. The van der Waals surface area contributed by atoms with E-state index in [2.05, 4.69) is 4.98 Å². The number of aryl methyl sites for hydroxylation is 2. The van der Waals surface area contributed by atoms with Crippen LogP contribution in [0.15, 0.2) is 90.1 Å². The zero-order valence-corrected chi connectivity index (χ0v) is 22.9. The number of para-hydroxylation sites is 1. The number of nitrogens with one attached hydrogen (secondary N) is 1. The zero-order valence-electron chi connectivity index (χ0n) is 22.1. The van der Waals surface area contributed by atoms with Crippen molar-refractivity contribution in [2.75, 3.05) is 10.8 Å². The molecular weight excluding hydrogens is 542 g/mol. The minimum atomic E-state index is -4.35. The highest BCUT2D eigenvalue weighted by atomic mass is 32.2. The SMILES string of the molecule is Cn1cc(C(=O)CCc2ccc(C(=N)N)cc2)c2cc(N(CC(=O)O)S(=O)(=O)c3cccc4cccnc34)ccc21. The van der Waals surface area contributed by atoms with E-state index >= 15 is 0 Å². The average molecular weight is 570 g/mol. The molecule has 0 saturated heterocycles. The summed E-state index contributed by atoms with van der Waals surface area (Å²) in [5, 5.41) is 18.3. The predicted molar refractivity (Wildman–Crippen MR) is 157 cm³/mol. The first kappa shape index (κ1) is 27.5. The summed E-state index contributed by atoms with van der Waals surface area (Å²) in [7, 11) is -2.57. The third-order valence-electron chi connectivity index (χ3n) is 6.91. The van der Waals surface area contributed by atoms with E-state index in [-0.39, 0.29) is 34.1 Å². The van der Waals surface area contributed by atoms with Gasteiger partial charge >= 0.3 is 5.97 Å². The number of nitrogens with zero attached hydrogens (tertiary/aromatic N) is 3. The summed E-state index contributed by atoms with van der Waals surface area (Å²) in [5.74, 6) is -1.51. The molecule has 0 atom stereocenters. The normalized spacial score (nSPS) is 11.5. The Morgan fingerprint density at radius 1 is 1.05 bits per heavy atom. The van der Waals surface area contributed by atoms with Crippen molar-refractivity contribution >= 4 is 55.1 Å². The molecule has 0 saturated carbocycles. The van der Waals surface area contributed by atoms with Crippen LogP contribution in [0.5, 0.6) is 0 Å². The lowest BCUT2D eigenvalue weighted by Gasteiger charge is -2.23. The van der Waals surface area contributed by atoms with Crippen LogP contribution in [0, 0.1) is 5.41 Å². The molecule has 0 unspecified atom stereocenters. The number of amidine groups is 1. The van der Waals surface area contributed by atoms with E-state index in [0.717, 1.165) is 9.87 Å². The van der Waals surface area contributed by atoms with Gasteiger partial charge in [-0.1, -0.05) is 42.5 Å². The predicted octanol–water partition coefficient (Wildman–Crippen LogP) is 4.11. The van der Waals surface area contributed by atoms with Crippen molar-refractivity contribution in [2.45, 2.75) is 17.7 Å². The van der Waals surface area contributed by atoms with Crippen LogP contribution in [0.25, 0.3) is 21.8 Å². The van der Waals surface area contributed by atoms with Gasteiger partial charge in [0.05, 0.1) is 11.2 Å². The maximum atomic E-state index is 13.9. The van der Waals surface area contributed by atoms with Gasteiger partial charge in [-0.15, -0.1) is 0 Å². The number of sulfonamides is 1. The molecular formula is C30H27N5O5S. The van der Waals surface area contributed by atoms with Gasteiger partial charge in [-0.05, 0) is 42.3 Å². The lowest BCUT2D eigenvalue weighted by atomic mass is 10.0. The Morgan fingerprint density at radius 3 is 2.49 bits per heavy atom. The number of nitrogens with two attached hydrogens (primary N) is 1. The van der Waals surface area contributed by atoms with Gasteiger partial charge in [0.2, 0.25) is 0 Å². The number of Topliss-reactive ketones (excluding diaryl/α,β-unsaturated/α-hetero) is 1. The maximum Gasteiger partial charge on any atom is 0.324 e. The van der Waals surface area contributed by atoms with Gasteiger partial charge in [0, 0.05) is 53.3 Å². The van der Waals surface area contributed by atoms with Gasteiger partial charge in [0.1, 0.15) is 17.3 Å². The van der Waals surface area contributed by atoms with Crippen LogP contribution in [-0.4, -0.2) is 47.2 Å². The largest absolute Gasteiger partial charge is 0.480 e. The van der Waals surface area contributed by atoms with Gasteiger partial charge in [-0.3, -0.25) is 24.3 Å². The number of hydrogen-bond acceptors (Lipinski definition) is 6. The minimum absolute atomic E-state index is 0.0325. The number of aliphatic carboxylic acids is 1. The van der Waals surface area contributed by atoms with Gasteiger partial charge in [0.25, 0.3) is 10.0 Å². The fourth-order valence-corrected chi connectivity index (χ4v) is 6.42. The second-order valence-corrected chi connectivity index (χ2v) is 11.5. The number of fused-ring (bicyclic) bond motifs is 2. The molecule has 5 aromatic rings. The van der Waals surface area contributed by atoms with Crippen LogP contribution in [0.4, 0.5) is 5.69 Å². The van der Waals surface area contributed by atoms with E-state index in [9.17, 15) is 23.1 Å². The quantitative estimate of drug-likeness (QED) is 0.130. The Hall–Kier alpha value is -5.03. The molecule has 3 aromatic carbocycles. The first-order valence-electron chi connectivity index (χ1n) is 12.7. The Morgan fingerprint density at radius 2 is 1.78 bits per heavy atom. The standard InChI is InChI=1S/C30H27N5O5S/c1-34-17-24(26(36)14-9-19-7-10-21(11-8-19)30(31)32)23-16-22(12-13-25(23)34)35(18-28(37)38)41(39,40)27-6-2-4-20-5-3-15-33-29(20)27/h2-8,10-13,15-17H,9,14,18H2,1H3,(H3,31,32)(H,37,38). The van der Waals surface area contributed by atoms with Gasteiger partial charge < -0.3 is 15.4 Å². The summed E-state index contributed by atoms with van der Waals surface area (Å²) < 4.78 is 30.4. The fraction of sp³-hybridized carbons (Fsp3) is 0.133. The van der Waals surface area contributed by atoms with Crippen LogP contribution >= 0.6 is 0 Å². The number of rotatable bonds is 10. The lowest BCUT2D eigenvalue weighted by molar-refractivity contribution is -0.135. The number of hydrogen-bond donors (Lipinski definition) is 3. The molecule has 0 spiro atoms.